The van der Waals surface area contributed by atoms with Gasteiger partial charge in [0.25, 0.3) is 0 Å². The Balaban J connectivity index is 3.07. The second-order valence-electron chi connectivity index (χ2n) is 1.71. The number of aromatic nitrogens is 2. The molecule has 0 atom stereocenters. The Hall–Kier alpha value is -0.700. The number of hydrogen-bond donors (Lipinski definition) is 1. The van der Waals surface area contributed by atoms with Crippen LogP contribution in [-0.4, -0.2) is 16.8 Å². The molecule has 1 aromatic rings. The third-order valence-electron chi connectivity index (χ3n) is 1.13. The summed E-state index contributed by atoms with van der Waals surface area (Å²) in [5.74, 6) is 0.844. The summed E-state index contributed by atoms with van der Waals surface area (Å²) in [6, 6.07) is 0. The van der Waals surface area contributed by atoms with E-state index >= 15 is 0 Å². The standard InChI is InChI=1S/C5H8ClN3/c1-7-5-4(6)3-8-9(5)2/h3,7H,1-2H3. The van der Waals surface area contributed by atoms with Crippen LogP contribution in [-0.2, 0) is 7.05 Å². The van der Waals surface area contributed by atoms with E-state index in [1.165, 1.54) is 0 Å². The van der Waals surface area contributed by atoms with E-state index in [9.17, 15) is 0 Å². The lowest BCUT2D eigenvalue weighted by atomic mass is 10.6. The Morgan fingerprint density at radius 3 is 2.67 bits per heavy atom. The first-order valence-corrected chi connectivity index (χ1v) is 2.98. The van der Waals surface area contributed by atoms with Crippen molar-refractivity contribution in [2.45, 2.75) is 0 Å². The molecule has 50 valence electrons. The number of aryl methyl sites for hydroxylation is 1. The summed E-state index contributed by atoms with van der Waals surface area (Å²) in [7, 11) is 3.64. The molecule has 0 bridgehead atoms. The molecule has 1 rings (SSSR count). The summed E-state index contributed by atoms with van der Waals surface area (Å²) in [6.07, 6.45) is 1.60. The van der Waals surface area contributed by atoms with Gasteiger partial charge in [-0.2, -0.15) is 5.10 Å². The molecule has 0 amide bonds. The predicted octanol–water partition coefficient (Wildman–Crippen LogP) is 1.12. The third-order valence-corrected chi connectivity index (χ3v) is 1.41. The van der Waals surface area contributed by atoms with Gasteiger partial charge in [0.15, 0.2) is 0 Å². The average molecular weight is 146 g/mol. The van der Waals surface area contributed by atoms with Gasteiger partial charge in [0.1, 0.15) is 10.8 Å². The molecule has 0 spiro atoms. The van der Waals surface area contributed by atoms with Gasteiger partial charge in [-0.05, 0) is 0 Å². The molecule has 1 N–H and O–H groups in total. The number of nitrogens with one attached hydrogen (secondary N) is 1. The third kappa shape index (κ3) is 1.00. The minimum absolute atomic E-state index is 0.653. The van der Waals surface area contributed by atoms with Crippen LogP contribution in [0.2, 0.25) is 5.02 Å². The second kappa shape index (κ2) is 2.27. The zero-order valence-corrected chi connectivity index (χ0v) is 6.11. The van der Waals surface area contributed by atoms with E-state index in [0.29, 0.717) is 5.02 Å². The zero-order valence-electron chi connectivity index (χ0n) is 5.35. The number of anilines is 1. The van der Waals surface area contributed by atoms with Crippen molar-refractivity contribution in [2.24, 2.45) is 7.05 Å². The maximum atomic E-state index is 5.70. The highest BCUT2D eigenvalue weighted by Gasteiger charge is 2.00. The van der Waals surface area contributed by atoms with Crippen LogP contribution >= 0.6 is 11.6 Å². The van der Waals surface area contributed by atoms with Crippen molar-refractivity contribution in [3.63, 3.8) is 0 Å². The highest BCUT2D eigenvalue weighted by atomic mass is 35.5. The lowest BCUT2D eigenvalue weighted by Crippen LogP contribution is -1.98. The maximum Gasteiger partial charge on any atom is 0.142 e. The van der Waals surface area contributed by atoms with Gasteiger partial charge < -0.3 is 5.32 Å². The van der Waals surface area contributed by atoms with Crippen molar-refractivity contribution in [3.05, 3.63) is 11.2 Å². The van der Waals surface area contributed by atoms with Gasteiger partial charge in [-0.25, -0.2) is 0 Å². The van der Waals surface area contributed by atoms with Crippen molar-refractivity contribution in [1.29, 1.82) is 0 Å². The monoisotopic (exact) mass is 145 g/mol. The van der Waals surface area contributed by atoms with Gasteiger partial charge in [-0.1, -0.05) is 11.6 Å². The predicted molar refractivity (Wildman–Crippen MR) is 37.8 cm³/mol. The fourth-order valence-electron chi connectivity index (χ4n) is 0.692. The van der Waals surface area contributed by atoms with Gasteiger partial charge in [-0.15, -0.1) is 0 Å². The molecule has 1 aromatic heterocycles. The molecule has 0 saturated carbocycles. The lowest BCUT2D eigenvalue weighted by Gasteiger charge is -1.98. The molecule has 0 saturated heterocycles. The molecule has 0 aromatic carbocycles. The van der Waals surface area contributed by atoms with Gasteiger partial charge in [0.2, 0.25) is 0 Å². The summed E-state index contributed by atoms with van der Waals surface area (Å²) < 4.78 is 1.68. The molecular weight excluding hydrogens is 138 g/mol. The fraction of sp³-hybridized carbons (Fsp3) is 0.400. The molecule has 0 radical (unpaired) electrons. The number of halogens is 1. The Morgan fingerprint density at radius 1 is 1.78 bits per heavy atom. The number of rotatable bonds is 1. The molecular formula is C5H8ClN3. The first-order valence-electron chi connectivity index (χ1n) is 2.61. The molecule has 0 unspecified atom stereocenters. The topological polar surface area (TPSA) is 29.9 Å². The molecule has 0 aliphatic heterocycles. The van der Waals surface area contributed by atoms with Gasteiger partial charge in [0, 0.05) is 14.1 Å². The molecule has 9 heavy (non-hydrogen) atoms. The molecule has 4 heteroatoms. The van der Waals surface area contributed by atoms with Gasteiger partial charge in [-0.3, -0.25) is 4.68 Å². The minimum atomic E-state index is 0.653. The molecule has 1 heterocycles. The molecule has 0 aliphatic carbocycles. The van der Waals surface area contributed by atoms with Crippen LogP contribution in [0, 0.1) is 0 Å². The lowest BCUT2D eigenvalue weighted by molar-refractivity contribution is 0.775. The highest BCUT2D eigenvalue weighted by molar-refractivity contribution is 6.32. The van der Waals surface area contributed by atoms with Crippen molar-refractivity contribution in [1.82, 2.24) is 9.78 Å². The average Bonchev–Trinajstić information content (AvgIpc) is 2.12. The first kappa shape index (κ1) is 6.42. The summed E-state index contributed by atoms with van der Waals surface area (Å²) in [4.78, 5) is 0. The van der Waals surface area contributed by atoms with Crippen LogP contribution in [0.15, 0.2) is 6.20 Å². The van der Waals surface area contributed by atoms with Gasteiger partial charge in [0.05, 0.1) is 6.20 Å². The normalized spacial score (nSPS) is 9.67. The van der Waals surface area contributed by atoms with Crippen LogP contribution in [0.25, 0.3) is 0 Å². The largest absolute Gasteiger partial charge is 0.372 e. The number of hydrogen-bond acceptors (Lipinski definition) is 2. The van der Waals surface area contributed by atoms with Crippen molar-refractivity contribution in [2.75, 3.05) is 12.4 Å². The van der Waals surface area contributed by atoms with Crippen LogP contribution in [0.3, 0.4) is 0 Å². The fourth-order valence-corrected chi connectivity index (χ4v) is 0.952. The summed E-state index contributed by atoms with van der Waals surface area (Å²) in [5, 5.41) is 7.47. The van der Waals surface area contributed by atoms with Crippen molar-refractivity contribution < 1.29 is 0 Å². The zero-order chi connectivity index (χ0) is 6.85. The van der Waals surface area contributed by atoms with Crippen LogP contribution < -0.4 is 5.32 Å². The Kier molecular flexibility index (Phi) is 1.62. The van der Waals surface area contributed by atoms with Crippen LogP contribution in [0.5, 0.6) is 0 Å². The van der Waals surface area contributed by atoms with E-state index in [1.54, 1.807) is 10.9 Å². The Morgan fingerprint density at radius 2 is 2.44 bits per heavy atom. The maximum absolute atomic E-state index is 5.70. The van der Waals surface area contributed by atoms with Crippen LogP contribution in [0.1, 0.15) is 0 Å². The SMILES string of the molecule is CNc1c(Cl)cnn1C. The van der Waals surface area contributed by atoms with Crippen molar-refractivity contribution in [3.8, 4) is 0 Å². The highest BCUT2D eigenvalue weighted by Crippen LogP contribution is 2.18. The van der Waals surface area contributed by atoms with E-state index in [1.807, 2.05) is 14.1 Å². The molecule has 3 nitrogen and oxygen atoms in total. The minimum Gasteiger partial charge on any atom is -0.372 e. The van der Waals surface area contributed by atoms with E-state index < -0.39 is 0 Å². The van der Waals surface area contributed by atoms with E-state index in [2.05, 4.69) is 10.4 Å². The summed E-state index contributed by atoms with van der Waals surface area (Å²) >= 11 is 5.70. The summed E-state index contributed by atoms with van der Waals surface area (Å²) in [5.41, 5.74) is 0. The van der Waals surface area contributed by atoms with E-state index in [0.717, 1.165) is 5.82 Å². The smallest absolute Gasteiger partial charge is 0.142 e. The first-order chi connectivity index (χ1) is 4.25. The van der Waals surface area contributed by atoms with Crippen LogP contribution in [0.4, 0.5) is 5.82 Å². The number of nitrogens with zero attached hydrogens (tertiary/aromatic N) is 2. The molecule has 0 aliphatic rings. The summed E-state index contributed by atoms with van der Waals surface area (Å²) in [6.45, 7) is 0. The van der Waals surface area contributed by atoms with Gasteiger partial charge >= 0.3 is 0 Å². The van der Waals surface area contributed by atoms with Crippen molar-refractivity contribution >= 4 is 17.4 Å². The Labute approximate surface area is 58.6 Å². The molecule has 0 fully saturated rings. The second-order valence-corrected chi connectivity index (χ2v) is 2.12. The Bertz CT molecular complexity index is 186. The quantitative estimate of drug-likeness (QED) is 0.642. The van der Waals surface area contributed by atoms with E-state index in [4.69, 9.17) is 11.6 Å². The van der Waals surface area contributed by atoms with E-state index in [-0.39, 0.29) is 0 Å².